The van der Waals surface area contributed by atoms with Gasteiger partial charge >= 0.3 is 12.1 Å². The number of ether oxygens (including phenoxy) is 7. The number of hydrogen-bond acceptors (Lipinski definition) is 14. The average Bonchev–Trinajstić information content (AvgIpc) is 4.07. The number of likely N-dealkylation sites (N-methyl/N-ethyl adjacent to an activating group) is 1. The Morgan fingerprint density at radius 1 is 1.01 bits per heavy atom. The molecular weight excluding hydrogens is 1080 g/mol. The molecule has 1 aromatic heterocycles. The molecule has 2 fully saturated rings. The van der Waals surface area contributed by atoms with Gasteiger partial charge < -0.3 is 53.6 Å². The molecule has 3 aromatic rings. The molecule has 7 atom stereocenters. The maximum atomic E-state index is 14.3. The first-order chi connectivity index (χ1) is 34.5. The second-order valence-electron chi connectivity index (χ2n) is 18.3. The number of rotatable bonds is 19. The van der Waals surface area contributed by atoms with E-state index in [1.807, 2.05) is 44.2 Å². The van der Waals surface area contributed by atoms with E-state index in [0.29, 0.717) is 84.3 Å². The van der Waals surface area contributed by atoms with Crippen molar-refractivity contribution in [2.45, 2.75) is 106 Å². The van der Waals surface area contributed by atoms with Crippen molar-refractivity contribution >= 4 is 90.0 Å². The third-order valence-corrected chi connectivity index (χ3v) is 14.6. The first-order valence-corrected chi connectivity index (χ1v) is 26.6. The first-order valence-electron chi connectivity index (χ1n) is 24.0. The van der Waals surface area contributed by atoms with Crippen LogP contribution in [0.25, 0.3) is 11.0 Å². The number of fused-ring (bicyclic) bond motifs is 6. The third kappa shape index (κ3) is 14.7. The highest BCUT2D eigenvalue weighted by Gasteiger charge is 2.63. The summed E-state index contributed by atoms with van der Waals surface area (Å²) in [5.41, 5.74) is 4.67. The fourth-order valence-corrected chi connectivity index (χ4v) is 9.83. The highest BCUT2D eigenvalue weighted by atomic mass is 79.9. The van der Waals surface area contributed by atoms with Crippen LogP contribution in [0.3, 0.4) is 0 Å². The Morgan fingerprint density at radius 2 is 1.69 bits per heavy atom. The molecule has 4 bridgehead atoms. The fourth-order valence-electron chi connectivity index (χ4n) is 8.62. The number of alkyl halides is 2. The van der Waals surface area contributed by atoms with E-state index in [4.69, 9.17) is 44.8 Å². The van der Waals surface area contributed by atoms with Gasteiger partial charge in [-0.2, -0.15) is 0 Å². The van der Waals surface area contributed by atoms with Crippen LogP contribution < -0.4 is 20.3 Å². The number of allylic oxidation sites excluding steroid dienone is 3. The van der Waals surface area contributed by atoms with Crippen molar-refractivity contribution in [3.63, 3.8) is 0 Å². The Kier molecular flexibility index (Phi) is 20.8. The normalized spacial score (nSPS) is 23.9. The lowest BCUT2D eigenvalue weighted by molar-refractivity contribution is -0.162. The van der Waals surface area contributed by atoms with E-state index in [0.717, 1.165) is 22.5 Å². The summed E-state index contributed by atoms with van der Waals surface area (Å²) in [5, 5.41) is 7.14. The van der Waals surface area contributed by atoms with Crippen LogP contribution in [-0.2, 0) is 59.9 Å². The number of carbonyl (C=O) groups excluding carboxylic acids is 5. The standard InChI is InChI=1S/C51H65Br2ClN6O12/c1-30-10-8-9-11-35-26-41(70-50(65)56-35)31(2)47-51(4,72-47)43(27-45(62)60(6)40-23-33(22-30)24-42(66-7)46(40)54)71-49(64)32(3)59(5)44(61)14-16-67-18-20-69-21-19-68-17-15-55-48(63)34-12-13-36-37(25-34)58-39(29-53)38(28-52)57-36/h8-10,12-13,23-25,31-32,35,41,43,47H,11,14-22,26-29H2,1-7H3,(H,55,63)(H,56,65)/b9-8+,30-10+/t31-,32-,35?,41?,43+,47?,51+/m1/s1. The van der Waals surface area contributed by atoms with Crippen LogP contribution in [0.4, 0.5) is 10.5 Å². The zero-order valence-electron chi connectivity index (χ0n) is 41.8. The lowest BCUT2D eigenvalue weighted by Crippen LogP contribution is -2.49. The Labute approximate surface area is 442 Å². The summed E-state index contributed by atoms with van der Waals surface area (Å²) < 4.78 is 40.7. The van der Waals surface area contributed by atoms with E-state index < -0.39 is 47.9 Å². The van der Waals surface area contributed by atoms with Crippen molar-refractivity contribution < 1.29 is 57.1 Å². The molecule has 72 heavy (non-hydrogen) atoms. The minimum Gasteiger partial charge on any atom is -0.495 e. The molecule has 6 rings (SSSR count). The molecule has 0 aliphatic carbocycles. The Hall–Kier alpha value is -4.70. The van der Waals surface area contributed by atoms with Gasteiger partial charge in [-0.25, -0.2) is 19.6 Å². The number of nitrogens with one attached hydrogen (secondary N) is 2. The smallest absolute Gasteiger partial charge is 0.407 e. The van der Waals surface area contributed by atoms with Crippen LogP contribution in [0.5, 0.6) is 5.75 Å². The summed E-state index contributed by atoms with van der Waals surface area (Å²) in [6.45, 7) is 9.03. The highest BCUT2D eigenvalue weighted by Crippen LogP contribution is 2.49. The number of aromatic nitrogens is 2. The Morgan fingerprint density at radius 3 is 2.39 bits per heavy atom. The predicted octanol–water partition coefficient (Wildman–Crippen LogP) is 7.17. The molecule has 4 heterocycles. The number of halogens is 3. The summed E-state index contributed by atoms with van der Waals surface area (Å²) in [6, 6.07) is 7.68. The lowest BCUT2D eigenvalue weighted by Gasteiger charge is -2.33. The largest absolute Gasteiger partial charge is 0.495 e. The second kappa shape index (κ2) is 26.5. The van der Waals surface area contributed by atoms with Crippen LogP contribution in [0.15, 0.2) is 54.1 Å². The molecule has 18 nitrogen and oxygen atoms in total. The van der Waals surface area contributed by atoms with Crippen molar-refractivity contribution in [2.24, 2.45) is 5.92 Å². The Balaban J connectivity index is 0.961. The van der Waals surface area contributed by atoms with Crippen molar-refractivity contribution in [1.82, 2.24) is 25.5 Å². The molecule has 2 saturated heterocycles. The van der Waals surface area contributed by atoms with Crippen LogP contribution in [-0.4, -0.2) is 148 Å². The van der Waals surface area contributed by atoms with Gasteiger partial charge in [0.1, 0.15) is 34.6 Å². The number of benzene rings is 2. The van der Waals surface area contributed by atoms with Crippen LogP contribution >= 0.6 is 43.5 Å². The molecule has 0 spiro atoms. The molecule has 3 aliphatic heterocycles. The van der Waals surface area contributed by atoms with Crippen molar-refractivity contribution in [2.75, 3.05) is 72.3 Å². The number of methoxy groups -OCH3 is 1. The van der Waals surface area contributed by atoms with Crippen molar-refractivity contribution in [1.29, 1.82) is 0 Å². The van der Waals surface area contributed by atoms with Crippen LogP contribution in [0.2, 0.25) is 5.02 Å². The SMILES string of the molecule is COc1cc2cc(c1Cl)N(C)C(=O)C[C@H](OC(=O)[C@@H](C)N(C)C(=O)CCOCCOCCOCCNC(=O)c1ccc3nc(CBr)c(CBr)nc3c1)[C@]1(C)OC1[C@H](C)C1CC(C/C=C/C=C(\C)C2)NC(=O)O1. The summed E-state index contributed by atoms with van der Waals surface area (Å²) >= 11 is 13.7. The number of nitrogens with zero attached hydrogens (tertiary/aromatic N) is 4. The average molecular weight is 1150 g/mol. The summed E-state index contributed by atoms with van der Waals surface area (Å²) in [5.74, 6) is -1.66. The molecule has 0 saturated carbocycles. The zero-order valence-corrected chi connectivity index (χ0v) is 45.7. The van der Waals surface area contributed by atoms with Crippen LogP contribution in [0.1, 0.15) is 80.7 Å². The van der Waals surface area contributed by atoms with Gasteiger partial charge in [0.25, 0.3) is 5.91 Å². The molecule has 392 valence electrons. The monoisotopic (exact) mass is 1150 g/mol. The number of alkyl carbamates (subject to hydrolysis) is 1. The van der Waals surface area contributed by atoms with Gasteiger partial charge in [-0.1, -0.05) is 74.2 Å². The number of epoxide rings is 1. The minimum atomic E-state index is -1.14. The summed E-state index contributed by atoms with van der Waals surface area (Å²) in [4.78, 5) is 78.9. The van der Waals surface area contributed by atoms with Gasteiger partial charge in [-0.15, -0.1) is 0 Å². The fraction of sp³-hybridized carbons (Fsp3) is 0.549. The van der Waals surface area contributed by atoms with Gasteiger partial charge in [0, 0.05) is 55.2 Å². The quantitative estimate of drug-likeness (QED) is 0.0528. The molecule has 4 amide bonds. The molecule has 2 N–H and O–H groups in total. The number of hydrogen-bond donors (Lipinski definition) is 2. The molecule has 2 aromatic carbocycles. The van der Waals surface area contributed by atoms with E-state index in [9.17, 15) is 24.0 Å². The first kappa shape index (κ1) is 56.6. The Bertz CT molecular complexity index is 2500. The summed E-state index contributed by atoms with van der Waals surface area (Å²) in [7, 11) is 4.61. The van der Waals surface area contributed by atoms with Gasteiger partial charge in [-0.3, -0.25) is 14.4 Å². The minimum absolute atomic E-state index is 0.0109. The highest BCUT2D eigenvalue weighted by molar-refractivity contribution is 9.09. The molecule has 3 aliphatic rings. The van der Waals surface area contributed by atoms with Crippen LogP contribution in [0, 0.1) is 5.92 Å². The van der Waals surface area contributed by atoms with E-state index in [-0.39, 0.29) is 61.5 Å². The predicted molar refractivity (Wildman–Crippen MR) is 278 cm³/mol. The maximum Gasteiger partial charge on any atom is 0.407 e. The lowest BCUT2D eigenvalue weighted by atomic mass is 9.85. The third-order valence-electron chi connectivity index (χ3n) is 13.1. The molecular formula is C51H65Br2ClN6O12. The van der Waals surface area contributed by atoms with Crippen molar-refractivity contribution in [3.05, 3.63) is 81.7 Å². The van der Waals surface area contributed by atoms with E-state index >= 15 is 0 Å². The second-order valence-corrected chi connectivity index (χ2v) is 19.8. The number of esters is 1. The molecule has 3 unspecified atom stereocenters. The number of carbonyl (C=O) groups is 5. The van der Waals surface area contributed by atoms with E-state index in [2.05, 4.69) is 52.5 Å². The maximum absolute atomic E-state index is 14.3. The van der Waals surface area contributed by atoms with E-state index in [1.54, 1.807) is 39.1 Å². The zero-order chi connectivity index (χ0) is 52.1. The van der Waals surface area contributed by atoms with Gasteiger partial charge in [0.05, 0.1) is 93.8 Å². The molecule has 21 heteroatoms. The number of anilines is 1. The topological polar surface area (TPSA) is 210 Å². The van der Waals surface area contributed by atoms with Gasteiger partial charge in [-0.05, 0) is 69.5 Å². The molecule has 0 radical (unpaired) electrons. The number of amides is 4. The van der Waals surface area contributed by atoms with E-state index in [1.165, 1.54) is 24.0 Å². The summed E-state index contributed by atoms with van der Waals surface area (Å²) in [6.07, 6.45) is 4.67. The van der Waals surface area contributed by atoms with Crippen molar-refractivity contribution in [3.8, 4) is 5.75 Å². The van der Waals surface area contributed by atoms with Gasteiger partial charge in [0.15, 0.2) is 0 Å². The van der Waals surface area contributed by atoms with Gasteiger partial charge in [0.2, 0.25) is 11.8 Å².